The molecule has 0 saturated carbocycles. The Bertz CT molecular complexity index is 1550. The lowest BCUT2D eigenvalue weighted by Gasteiger charge is -2.42. The van der Waals surface area contributed by atoms with Crippen LogP contribution in [-0.2, 0) is 24.5 Å². The normalized spacial score (nSPS) is 19.6. The molecule has 0 radical (unpaired) electrons. The standard InChI is InChI=1S/C36H42N4O6/c1-24(2)46-31(41)16-21-38-35(44)36(25-10-5-4-6-11-25)19-15-28(27-12-7-8-14-30(27)36)34(43)40-22-17-26(18-23-40)39-32(42)29-13-9-20-37-33(29)45-3/h4-14,20,24,26,28H,15-19,21-23H2,1-3H3,(H,38,44)(H,39,42)/t28-,36+/m1/s1. The van der Waals surface area contributed by atoms with Gasteiger partial charge in [-0.3, -0.25) is 19.2 Å². The lowest BCUT2D eigenvalue weighted by molar-refractivity contribution is -0.147. The Hall–Kier alpha value is -4.73. The van der Waals surface area contributed by atoms with Crippen LogP contribution in [0.3, 0.4) is 0 Å². The van der Waals surface area contributed by atoms with Gasteiger partial charge < -0.3 is 25.0 Å². The smallest absolute Gasteiger partial charge is 0.307 e. The predicted molar refractivity (Wildman–Crippen MR) is 172 cm³/mol. The third-order valence-electron chi connectivity index (χ3n) is 8.89. The molecule has 1 saturated heterocycles. The maximum Gasteiger partial charge on any atom is 0.307 e. The van der Waals surface area contributed by atoms with E-state index in [4.69, 9.17) is 9.47 Å². The maximum absolute atomic E-state index is 14.1. The molecule has 1 fully saturated rings. The van der Waals surface area contributed by atoms with Crippen molar-refractivity contribution in [1.29, 1.82) is 0 Å². The minimum Gasteiger partial charge on any atom is -0.480 e. The Morgan fingerprint density at radius 3 is 2.39 bits per heavy atom. The summed E-state index contributed by atoms with van der Waals surface area (Å²) in [6.45, 7) is 4.77. The fraction of sp³-hybridized carbons (Fsp3) is 0.417. The first-order valence-corrected chi connectivity index (χ1v) is 16.0. The third-order valence-corrected chi connectivity index (χ3v) is 8.89. The minimum absolute atomic E-state index is 0.0321. The van der Waals surface area contributed by atoms with Gasteiger partial charge in [0.2, 0.25) is 17.7 Å². The molecule has 5 rings (SSSR count). The molecule has 2 N–H and O–H groups in total. The van der Waals surface area contributed by atoms with E-state index in [-0.39, 0.29) is 54.7 Å². The average molecular weight is 627 g/mol. The lowest BCUT2D eigenvalue weighted by atomic mass is 9.62. The van der Waals surface area contributed by atoms with E-state index in [2.05, 4.69) is 15.6 Å². The number of methoxy groups -OCH3 is 1. The molecule has 1 aromatic heterocycles. The maximum atomic E-state index is 14.1. The van der Waals surface area contributed by atoms with Crippen LogP contribution >= 0.6 is 0 Å². The molecule has 3 amide bonds. The number of fused-ring (bicyclic) bond motifs is 1. The molecule has 2 atom stereocenters. The van der Waals surface area contributed by atoms with E-state index in [9.17, 15) is 19.2 Å². The number of pyridine rings is 1. The number of esters is 1. The fourth-order valence-corrected chi connectivity index (χ4v) is 6.69. The van der Waals surface area contributed by atoms with Gasteiger partial charge in [-0.05, 0) is 68.4 Å². The number of hydrogen-bond acceptors (Lipinski definition) is 7. The highest BCUT2D eigenvalue weighted by Gasteiger charge is 2.48. The van der Waals surface area contributed by atoms with Gasteiger partial charge in [0.25, 0.3) is 5.91 Å². The van der Waals surface area contributed by atoms with E-state index in [1.165, 1.54) is 7.11 Å². The molecule has 10 nitrogen and oxygen atoms in total. The monoisotopic (exact) mass is 626 g/mol. The SMILES string of the molecule is COc1ncccc1C(=O)NC1CCN(C(=O)[C@@H]2CC[C@](C(=O)NCCC(=O)OC(C)C)(c3ccccc3)c3ccccc32)CC1. The van der Waals surface area contributed by atoms with Crippen molar-refractivity contribution in [3.05, 3.63) is 95.2 Å². The molecule has 2 aliphatic rings. The lowest BCUT2D eigenvalue weighted by Crippen LogP contribution is -2.51. The first kappa shape index (κ1) is 32.7. The zero-order valence-corrected chi connectivity index (χ0v) is 26.7. The summed E-state index contributed by atoms with van der Waals surface area (Å²) in [5.41, 5.74) is 1.86. The van der Waals surface area contributed by atoms with Crippen LogP contribution in [0.25, 0.3) is 0 Å². The molecular formula is C36H42N4O6. The molecule has 0 bridgehead atoms. The van der Waals surface area contributed by atoms with Gasteiger partial charge in [-0.15, -0.1) is 0 Å². The summed E-state index contributed by atoms with van der Waals surface area (Å²) >= 11 is 0. The number of likely N-dealkylation sites (tertiary alicyclic amines) is 1. The Labute approximate surface area is 269 Å². The number of nitrogens with one attached hydrogen (secondary N) is 2. The Morgan fingerprint density at radius 1 is 0.957 bits per heavy atom. The van der Waals surface area contributed by atoms with Crippen molar-refractivity contribution in [1.82, 2.24) is 20.5 Å². The molecule has 0 spiro atoms. The van der Waals surface area contributed by atoms with Gasteiger partial charge in [0.1, 0.15) is 5.56 Å². The molecule has 2 heterocycles. The number of ether oxygens (including phenoxy) is 2. The van der Waals surface area contributed by atoms with Crippen LogP contribution in [0.2, 0.25) is 0 Å². The van der Waals surface area contributed by atoms with Crippen LogP contribution in [-0.4, -0.2) is 72.5 Å². The Morgan fingerprint density at radius 2 is 1.67 bits per heavy atom. The average Bonchev–Trinajstić information content (AvgIpc) is 3.07. The number of carbonyl (C=O) groups is 4. The molecule has 0 unspecified atom stereocenters. The number of rotatable bonds is 10. The van der Waals surface area contributed by atoms with Gasteiger partial charge in [0.05, 0.1) is 31.0 Å². The summed E-state index contributed by atoms with van der Waals surface area (Å²) in [7, 11) is 1.48. The van der Waals surface area contributed by atoms with E-state index < -0.39 is 11.3 Å². The first-order chi connectivity index (χ1) is 22.2. The van der Waals surface area contributed by atoms with Gasteiger partial charge in [-0.1, -0.05) is 54.6 Å². The number of benzene rings is 2. The summed E-state index contributed by atoms with van der Waals surface area (Å²) < 4.78 is 10.5. The summed E-state index contributed by atoms with van der Waals surface area (Å²) in [4.78, 5) is 59.2. The van der Waals surface area contributed by atoms with Gasteiger partial charge in [-0.25, -0.2) is 4.98 Å². The second kappa shape index (κ2) is 14.6. The minimum atomic E-state index is -1.01. The van der Waals surface area contributed by atoms with Crippen molar-refractivity contribution in [3.63, 3.8) is 0 Å². The van der Waals surface area contributed by atoms with Crippen molar-refractivity contribution in [2.45, 2.75) is 69.4 Å². The molecule has 2 aromatic carbocycles. The topological polar surface area (TPSA) is 127 Å². The highest BCUT2D eigenvalue weighted by atomic mass is 16.5. The largest absolute Gasteiger partial charge is 0.480 e. The van der Waals surface area contributed by atoms with Crippen LogP contribution in [0, 0.1) is 0 Å². The summed E-state index contributed by atoms with van der Waals surface area (Å²) in [5, 5.41) is 6.07. The van der Waals surface area contributed by atoms with Crippen molar-refractivity contribution in [2.24, 2.45) is 0 Å². The van der Waals surface area contributed by atoms with E-state index in [1.54, 1.807) is 32.2 Å². The van der Waals surface area contributed by atoms with Crippen molar-refractivity contribution < 1.29 is 28.7 Å². The van der Waals surface area contributed by atoms with Crippen molar-refractivity contribution >= 4 is 23.7 Å². The molecule has 242 valence electrons. The van der Waals surface area contributed by atoms with E-state index in [0.29, 0.717) is 44.3 Å². The zero-order chi connectivity index (χ0) is 32.7. The number of carbonyl (C=O) groups excluding carboxylic acids is 4. The first-order valence-electron chi connectivity index (χ1n) is 16.0. The molecule has 1 aliphatic heterocycles. The van der Waals surface area contributed by atoms with Crippen LogP contribution in [0.4, 0.5) is 0 Å². The predicted octanol–water partition coefficient (Wildman–Crippen LogP) is 4.13. The molecule has 1 aliphatic carbocycles. The second-order valence-electron chi connectivity index (χ2n) is 12.1. The molecule has 3 aromatic rings. The molecule has 10 heteroatoms. The zero-order valence-electron chi connectivity index (χ0n) is 26.7. The number of piperidine rings is 1. The Balaban J connectivity index is 1.31. The van der Waals surface area contributed by atoms with E-state index in [0.717, 1.165) is 16.7 Å². The van der Waals surface area contributed by atoms with Crippen LogP contribution in [0.15, 0.2) is 72.9 Å². The van der Waals surface area contributed by atoms with Crippen LogP contribution in [0.5, 0.6) is 5.88 Å². The van der Waals surface area contributed by atoms with Gasteiger partial charge in [-0.2, -0.15) is 0 Å². The summed E-state index contributed by atoms with van der Waals surface area (Å²) in [6, 6.07) is 20.7. The summed E-state index contributed by atoms with van der Waals surface area (Å²) in [6.07, 6.45) is 3.61. The van der Waals surface area contributed by atoms with Gasteiger partial charge >= 0.3 is 5.97 Å². The highest BCUT2D eigenvalue weighted by Crippen LogP contribution is 2.48. The number of hydrogen-bond donors (Lipinski definition) is 2. The van der Waals surface area contributed by atoms with Crippen molar-refractivity contribution in [3.8, 4) is 5.88 Å². The number of nitrogens with zero attached hydrogens (tertiary/aromatic N) is 2. The van der Waals surface area contributed by atoms with Gasteiger partial charge in [0, 0.05) is 31.9 Å². The second-order valence-corrected chi connectivity index (χ2v) is 12.1. The van der Waals surface area contributed by atoms with E-state index in [1.807, 2.05) is 59.5 Å². The quantitative estimate of drug-likeness (QED) is 0.324. The fourth-order valence-electron chi connectivity index (χ4n) is 6.69. The van der Waals surface area contributed by atoms with E-state index >= 15 is 0 Å². The summed E-state index contributed by atoms with van der Waals surface area (Å²) in [5.74, 6) is -0.895. The highest BCUT2D eigenvalue weighted by molar-refractivity contribution is 5.97. The number of aromatic nitrogens is 1. The molecule has 46 heavy (non-hydrogen) atoms. The third kappa shape index (κ3) is 6.90. The number of amides is 3. The van der Waals surface area contributed by atoms with Gasteiger partial charge in [0.15, 0.2) is 0 Å². The van der Waals surface area contributed by atoms with Crippen LogP contribution in [0.1, 0.15) is 78.9 Å². The van der Waals surface area contributed by atoms with Crippen molar-refractivity contribution in [2.75, 3.05) is 26.7 Å². The van der Waals surface area contributed by atoms with Crippen LogP contribution < -0.4 is 15.4 Å². The molecular weight excluding hydrogens is 584 g/mol. The Kier molecular flexibility index (Phi) is 10.3.